The van der Waals surface area contributed by atoms with Crippen LogP contribution in [0.25, 0.3) is 11.4 Å². The van der Waals surface area contributed by atoms with Crippen molar-refractivity contribution in [3.8, 4) is 11.4 Å². The summed E-state index contributed by atoms with van der Waals surface area (Å²) in [6.45, 7) is 8.28. The van der Waals surface area contributed by atoms with Gasteiger partial charge in [0, 0.05) is 17.0 Å². The van der Waals surface area contributed by atoms with Gasteiger partial charge in [-0.2, -0.15) is 0 Å². The first-order valence-corrected chi connectivity index (χ1v) is 7.81. The molecular weight excluding hydrogens is 282 g/mol. The summed E-state index contributed by atoms with van der Waals surface area (Å²) in [7, 11) is 0. The number of nitrogens with one attached hydrogen (secondary N) is 1. The standard InChI is InChI=1S/C17H22ClN3/c1-4-10-19-11-9-14-12(2)20-17(21-13(14)3)15-7-5-6-8-16(15)18/h5-8,19H,4,9-11H2,1-3H3. The van der Waals surface area contributed by atoms with E-state index in [0.717, 1.165) is 42.9 Å². The van der Waals surface area contributed by atoms with Crippen molar-refractivity contribution in [3.05, 3.63) is 46.2 Å². The SMILES string of the molecule is CCCNCCc1c(C)nc(-c2ccccc2Cl)nc1C. The second kappa shape index (κ2) is 7.53. The summed E-state index contributed by atoms with van der Waals surface area (Å²) in [5, 5.41) is 4.11. The monoisotopic (exact) mass is 303 g/mol. The first-order chi connectivity index (χ1) is 10.1. The first kappa shape index (κ1) is 15.9. The predicted molar refractivity (Wildman–Crippen MR) is 88.8 cm³/mol. The molecule has 21 heavy (non-hydrogen) atoms. The van der Waals surface area contributed by atoms with Crippen LogP contribution in [0.1, 0.15) is 30.3 Å². The fraction of sp³-hybridized carbons (Fsp3) is 0.412. The van der Waals surface area contributed by atoms with Crippen LogP contribution in [-0.2, 0) is 6.42 Å². The second-order valence-corrected chi connectivity index (χ2v) is 5.58. The summed E-state index contributed by atoms with van der Waals surface area (Å²) in [5.74, 6) is 0.709. The number of nitrogens with zero attached hydrogens (tertiary/aromatic N) is 2. The molecule has 0 aliphatic rings. The first-order valence-electron chi connectivity index (χ1n) is 7.43. The molecule has 0 atom stereocenters. The highest BCUT2D eigenvalue weighted by Crippen LogP contribution is 2.26. The lowest BCUT2D eigenvalue weighted by Crippen LogP contribution is -2.19. The molecule has 2 rings (SSSR count). The maximum atomic E-state index is 6.23. The largest absolute Gasteiger partial charge is 0.316 e. The van der Waals surface area contributed by atoms with Crippen molar-refractivity contribution in [1.29, 1.82) is 0 Å². The third kappa shape index (κ3) is 4.02. The summed E-state index contributed by atoms with van der Waals surface area (Å²) < 4.78 is 0. The van der Waals surface area contributed by atoms with Crippen LogP contribution in [0.3, 0.4) is 0 Å². The second-order valence-electron chi connectivity index (χ2n) is 5.18. The van der Waals surface area contributed by atoms with Gasteiger partial charge < -0.3 is 5.32 Å². The van der Waals surface area contributed by atoms with Crippen LogP contribution in [0.2, 0.25) is 5.02 Å². The van der Waals surface area contributed by atoms with Gasteiger partial charge >= 0.3 is 0 Å². The Hall–Kier alpha value is -1.45. The van der Waals surface area contributed by atoms with Gasteiger partial charge in [0.25, 0.3) is 0 Å². The van der Waals surface area contributed by atoms with Crippen molar-refractivity contribution >= 4 is 11.6 Å². The molecule has 1 heterocycles. The summed E-state index contributed by atoms with van der Waals surface area (Å²) >= 11 is 6.23. The normalized spacial score (nSPS) is 10.9. The zero-order chi connectivity index (χ0) is 15.2. The number of halogens is 1. The van der Waals surface area contributed by atoms with Gasteiger partial charge in [0.15, 0.2) is 5.82 Å². The van der Waals surface area contributed by atoms with Gasteiger partial charge in [0.05, 0.1) is 5.02 Å². The van der Waals surface area contributed by atoms with E-state index < -0.39 is 0 Å². The minimum Gasteiger partial charge on any atom is -0.316 e. The average molecular weight is 304 g/mol. The molecule has 2 aromatic rings. The number of rotatable bonds is 6. The van der Waals surface area contributed by atoms with E-state index in [1.165, 1.54) is 5.56 Å². The molecule has 1 aromatic carbocycles. The van der Waals surface area contributed by atoms with Gasteiger partial charge in [-0.1, -0.05) is 30.7 Å². The Morgan fingerprint density at radius 2 is 1.71 bits per heavy atom. The van der Waals surface area contributed by atoms with Crippen LogP contribution in [0.4, 0.5) is 0 Å². The van der Waals surface area contributed by atoms with Crippen molar-refractivity contribution in [1.82, 2.24) is 15.3 Å². The average Bonchev–Trinajstić information content (AvgIpc) is 2.46. The molecular formula is C17H22ClN3. The molecule has 0 saturated heterocycles. The van der Waals surface area contributed by atoms with E-state index in [2.05, 4.69) is 22.2 Å². The van der Waals surface area contributed by atoms with E-state index >= 15 is 0 Å². The molecule has 0 amide bonds. The Morgan fingerprint density at radius 1 is 1.05 bits per heavy atom. The lowest BCUT2D eigenvalue weighted by atomic mass is 10.1. The van der Waals surface area contributed by atoms with E-state index in [-0.39, 0.29) is 0 Å². The van der Waals surface area contributed by atoms with Crippen LogP contribution in [0.5, 0.6) is 0 Å². The highest BCUT2D eigenvalue weighted by Gasteiger charge is 2.11. The van der Waals surface area contributed by atoms with Crippen molar-refractivity contribution in [3.63, 3.8) is 0 Å². The van der Waals surface area contributed by atoms with Crippen molar-refractivity contribution in [2.45, 2.75) is 33.6 Å². The maximum absolute atomic E-state index is 6.23. The molecule has 3 nitrogen and oxygen atoms in total. The van der Waals surface area contributed by atoms with Crippen LogP contribution in [0.15, 0.2) is 24.3 Å². The Kier molecular flexibility index (Phi) is 5.71. The van der Waals surface area contributed by atoms with Gasteiger partial charge in [-0.15, -0.1) is 0 Å². The van der Waals surface area contributed by atoms with E-state index in [1.807, 2.05) is 38.1 Å². The molecule has 0 fully saturated rings. The van der Waals surface area contributed by atoms with Crippen molar-refractivity contribution < 1.29 is 0 Å². The van der Waals surface area contributed by atoms with Gasteiger partial charge in [-0.3, -0.25) is 0 Å². The fourth-order valence-corrected chi connectivity index (χ4v) is 2.60. The van der Waals surface area contributed by atoms with E-state index in [1.54, 1.807) is 0 Å². The number of aromatic nitrogens is 2. The highest BCUT2D eigenvalue weighted by molar-refractivity contribution is 6.33. The van der Waals surface area contributed by atoms with Crippen LogP contribution in [0, 0.1) is 13.8 Å². The molecule has 4 heteroatoms. The highest BCUT2D eigenvalue weighted by atomic mass is 35.5. The van der Waals surface area contributed by atoms with Crippen molar-refractivity contribution in [2.75, 3.05) is 13.1 Å². The number of hydrogen-bond donors (Lipinski definition) is 1. The third-order valence-corrected chi connectivity index (χ3v) is 3.84. The quantitative estimate of drug-likeness (QED) is 0.821. The molecule has 0 bridgehead atoms. The Morgan fingerprint density at radius 3 is 2.33 bits per heavy atom. The van der Waals surface area contributed by atoms with Gasteiger partial charge in [-0.25, -0.2) is 9.97 Å². The molecule has 0 spiro atoms. The molecule has 1 aromatic heterocycles. The third-order valence-electron chi connectivity index (χ3n) is 3.51. The van der Waals surface area contributed by atoms with E-state index in [4.69, 9.17) is 11.6 Å². The zero-order valence-corrected chi connectivity index (χ0v) is 13.7. The summed E-state index contributed by atoms with van der Waals surface area (Å²) in [4.78, 5) is 9.28. The van der Waals surface area contributed by atoms with E-state index in [0.29, 0.717) is 10.8 Å². The number of hydrogen-bond acceptors (Lipinski definition) is 3. The summed E-state index contributed by atoms with van der Waals surface area (Å²) in [5.41, 5.74) is 4.20. The number of benzene rings is 1. The van der Waals surface area contributed by atoms with Crippen molar-refractivity contribution in [2.24, 2.45) is 0 Å². The van der Waals surface area contributed by atoms with E-state index in [9.17, 15) is 0 Å². The fourth-order valence-electron chi connectivity index (χ4n) is 2.38. The molecule has 0 radical (unpaired) electrons. The smallest absolute Gasteiger partial charge is 0.161 e. The Bertz CT molecular complexity index is 588. The topological polar surface area (TPSA) is 37.8 Å². The van der Waals surface area contributed by atoms with Crippen LogP contribution >= 0.6 is 11.6 Å². The Labute approximate surface area is 131 Å². The molecule has 0 unspecified atom stereocenters. The lowest BCUT2D eigenvalue weighted by molar-refractivity contribution is 0.666. The molecule has 112 valence electrons. The van der Waals surface area contributed by atoms with Crippen LogP contribution < -0.4 is 5.32 Å². The van der Waals surface area contributed by atoms with Gasteiger partial charge in [0.1, 0.15) is 0 Å². The number of aryl methyl sites for hydroxylation is 2. The summed E-state index contributed by atoms with van der Waals surface area (Å²) in [6, 6.07) is 7.70. The summed E-state index contributed by atoms with van der Waals surface area (Å²) in [6.07, 6.45) is 2.11. The minimum atomic E-state index is 0.689. The maximum Gasteiger partial charge on any atom is 0.161 e. The molecule has 0 saturated carbocycles. The van der Waals surface area contributed by atoms with Crippen LogP contribution in [-0.4, -0.2) is 23.1 Å². The predicted octanol–water partition coefficient (Wildman–Crippen LogP) is 3.96. The Balaban J connectivity index is 2.23. The van der Waals surface area contributed by atoms with Gasteiger partial charge in [-0.05, 0) is 57.5 Å². The minimum absolute atomic E-state index is 0.689. The van der Waals surface area contributed by atoms with Gasteiger partial charge in [0.2, 0.25) is 0 Å². The molecule has 1 N–H and O–H groups in total. The molecule has 0 aliphatic carbocycles. The molecule has 0 aliphatic heterocycles. The lowest BCUT2D eigenvalue weighted by Gasteiger charge is -2.12. The zero-order valence-electron chi connectivity index (χ0n) is 12.9.